The fourth-order valence-electron chi connectivity index (χ4n) is 1.53. The molecule has 0 rings (SSSR count). The number of carbonyl (C=O) groups is 1. The van der Waals surface area contributed by atoms with Crippen molar-refractivity contribution in [2.45, 2.75) is 31.7 Å². The lowest BCUT2D eigenvalue weighted by molar-refractivity contribution is -0.173. The molecular weight excluding hydrogens is 289 g/mol. The van der Waals surface area contributed by atoms with Gasteiger partial charge in [0.15, 0.2) is 15.1 Å². The van der Waals surface area contributed by atoms with Crippen LogP contribution in [-0.4, -0.2) is 49.9 Å². The number of hydrogen-bond donors (Lipinski definition) is 1. The Labute approximate surface area is 109 Å². The number of carboxylic acids is 1. The number of hydrogen-bond acceptors (Lipinski definition) is 4. The van der Waals surface area contributed by atoms with Gasteiger partial charge in [0.2, 0.25) is 0 Å². The van der Waals surface area contributed by atoms with Gasteiger partial charge < -0.3 is 9.84 Å². The zero-order valence-electron chi connectivity index (χ0n) is 10.6. The molecule has 0 aliphatic carbocycles. The molecule has 0 bridgehead atoms. The van der Waals surface area contributed by atoms with Crippen molar-refractivity contribution < 1.29 is 36.2 Å². The quantitative estimate of drug-likeness (QED) is 0.687. The van der Waals surface area contributed by atoms with Gasteiger partial charge in [0, 0.05) is 6.61 Å². The van der Waals surface area contributed by atoms with E-state index in [0.717, 1.165) is 0 Å². The molecule has 0 radical (unpaired) electrons. The van der Waals surface area contributed by atoms with E-state index in [1.807, 2.05) is 0 Å². The third-order valence-electron chi connectivity index (χ3n) is 2.22. The minimum atomic E-state index is -4.46. The van der Waals surface area contributed by atoms with Gasteiger partial charge in [-0.2, -0.15) is 13.2 Å². The summed E-state index contributed by atoms with van der Waals surface area (Å²) >= 11 is 0. The first-order valence-corrected chi connectivity index (χ1v) is 7.28. The van der Waals surface area contributed by atoms with Crippen molar-refractivity contribution >= 4 is 15.8 Å². The van der Waals surface area contributed by atoms with Crippen LogP contribution in [0.1, 0.15) is 20.3 Å². The van der Waals surface area contributed by atoms with Crippen LogP contribution in [0.25, 0.3) is 0 Å². The van der Waals surface area contributed by atoms with E-state index in [2.05, 4.69) is 4.74 Å². The number of halogens is 3. The van der Waals surface area contributed by atoms with E-state index >= 15 is 0 Å². The molecule has 0 spiro atoms. The molecule has 19 heavy (non-hydrogen) atoms. The Morgan fingerprint density at radius 2 is 1.84 bits per heavy atom. The highest BCUT2D eigenvalue weighted by atomic mass is 32.2. The van der Waals surface area contributed by atoms with Crippen molar-refractivity contribution in [1.82, 2.24) is 0 Å². The van der Waals surface area contributed by atoms with Crippen LogP contribution in [-0.2, 0) is 19.4 Å². The third kappa shape index (κ3) is 7.36. The van der Waals surface area contributed by atoms with Gasteiger partial charge in [-0.05, 0) is 12.3 Å². The van der Waals surface area contributed by atoms with Crippen molar-refractivity contribution in [1.29, 1.82) is 0 Å². The summed E-state index contributed by atoms with van der Waals surface area (Å²) in [5, 5.41) is 7.28. The minimum Gasteiger partial charge on any atom is -0.480 e. The lowest BCUT2D eigenvalue weighted by atomic mass is 10.1. The van der Waals surface area contributed by atoms with Crippen LogP contribution in [0.4, 0.5) is 13.2 Å². The van der Waals surface area contributed by atoms with E-state index in [1.54, 1.807) is 0 Å². The summed E-state index contributed by atoms with van der Waals surface area (Å²) in [5.41, 5.74) is 0. The molecule has 0 aliphatic heterocycles. The van der Waals surface area contributed by atoms with Gasteiger partial charge in [-0.25, -0.2) is 8.42 Å². The van der Waals surface area contributed by atoms with Gasteiger partial charge in [0.25, 0.3) is 0 Å². The predicted molar refractivity (Wildman–Crippen MR) is 61.5 cm³/mol. The Bertz CT molecular complexity index is 388. The summed E-state index contributed by atoms with van der Waals surface area (Å²) in [4.78, 5) is 10.8. The van der Waals surface area contributed by atoms with Gasteiger partial charge in [-0.1, -0.05) is 13.8 Å². The Kier molecular flexibility index (Phi) is 6.78. The average Bonchev–Trinajstić information content (AvgIpc) is 2.12. The molecule has 114 valence electrons. The van der Waals surface area contributed by atoms with E-state index in [4.69, 9.17) is 5.11 Å². The molecule has 0 aromatic heterocycles. The maximum absolute atomic E-state index is 11.7. The van der Waals surface area contributed by atoms with Crippen LogP contribution in [0.5, 0.6) is 0 Å². The van der Waals surface area contributed by atoms with Gasteiger partial charge in [0.1, 0.15) is 6.61 Å². The second kappa shape index (κ2) is 7.09. The number of aliphatic carboxylic acids is 1. The monoisotopic (exact) mass is 306 g/mol. The first-order valence-electron chi connectivity index (χ1n) is 5.56. The van der Waals surface area contributed by atoms with E-state index < -0.39 is 45.5 Å². The summed E-state index contributed by atoms with van der Waals surface area (Å²) in [5.74, 6) is -2.58. The summed E-state index contributed by atoms with van der Waals surface area (Å²) in [6.45, 7) is 1.08. The predicted octanol–water partition coefficient (Wildman–Crippen LogP) is 1.48. The highest BCUT2D eigenvalue weighted by Crippen LogP contribution is 2.16. The molecule has 1 N–H and O–H groups in total. The van der Waals surface area contributed by atoms with Crippen molar-refractivity contribution in [2.24, 2.45) is 5.92 Å². The smallest absolute Gasteiger partial charge is 0.411 e. The normalized spacial score (nSPS) is 14.6. The summed E-state index contributed by atoms with van der Waals surface area (Å²) in [6.07, 6.45) is -4.63. The van der Waals surface area contributed by atoms with Crippen molar-refractivity contribution in [2.75, 3.05) is 19.0 Å². The third-order valence-corrected chi connectivity index (χ3v) is 4.60. The molecule has 0 saturated carbocycles. The van der Waals surface area contributed by atoms with Crippen LogP contribution >= 0.6 is 0 Å². The van der Waals surface area contributed by atoms with Crippen LogP contribution in [0.2, 0.25) is 0 Å². The van der Waals surface area contributed by atoms with Crippen LogP contribution in [0.15, 0.2) is 0 Å². The first kappa shape index (κ1) is 18.2. The zero-order valence-corrected chi connectivity index (χ0v) is 11.4. The van der Waals surface area contributed by atoms with Crippen LogP contribution in [0, 0.1) is 5.92 Å². The van der Waals surface area contributed by atoms with Gasteiger partial charge in [-0.15, -0.1) is 0 Å². The van der Waals surface area contributed by atoms with Gasteiger partial charge in [-0.3, -0.25) is 4.79 Å². The molecule has 1 atom stereocenters. The van der Waals surface area contributed by atoms with Crippen LogP contribution in [0.3, 0.4) is 0 Å². The lowest BCUT2D eigenvalue weighted by Crippen LogP contribution is -2.36. The van der Waals surface area contributed by atoms with E-state index in [9.17, 15) is 26.4 Å². The fourth-order valence-corrected chi connectivity index (χ4v) is 3.44. The molecular formula is C10H17F3O5S. The Morgan fingerprint density at radius 3 is 2.21 bits per heavy atom. The summed E-state index contributed by atoms with van der Waals surface area (Å²) < 4.78 is 62.9. The molecule has 0 aliphatic rings. The SMILES string of the molecule is CC(C)C(C(=O)O)S(=O)(=O)CCCOCC(F)(F)F. The number of ether oxygens (including phenoxy) is 1. The van der Waals surface area contributed by atoms with Crippen molar-refractivity contribution in [3.8, 4) is 0 Å². The number of rotatable bonds is 8. The van der Waals surface area contributed by atoms with E-state index in [1.165, 1.54) is 13.8 Å². The lowest BCUT2D eigenvalue weighted by Gasteiger charge is -2.16. The molecule has 5 nitrogen and oxygen atoms in total. The molecule has 0 aromatic rings. The second-order valence-electron chi connectivity index (χ2n) is 4.39. The highest BCUT2D eigenvalue weighted by molar-refractivity contribution is 7.92. The Hall–Kier alpha value is -0.830. The maximum Gasteiger partial charge on any atom is 0.411 e. The first-order chi connectivity index (χ1) is 8.47. The number of sulfone groups is 1. The molecule has 0 aromatic carbocycles. The molecule has 0 heterocycles. The molecule has 1 unspecified atom stereocenters. The fraction of sp³-hybridized carbons (Fsp3) is 0.900. The average molecular weight is 306 g/mol. The molecule has 0 amide bonds. The number of alkyl halides is 3. The largest absolute Gasteiger partial charge is 0.480 e. The summed E-state index contributed by atoms with van der Waals surface area (Å²) in [6, 6.07) is 0. The highest BCUT2D eigenvalue weighted by Gasteiger charge is 2.34. The molecule has 9 heteroatoms. The standard InChI is InChI=1S/C10H17F3O5S/c1-7(2)8(9(14)15)19(16,17)5-3-4-18-6-10(11,12)13/h7-8H,3-6H2,1-2H3,(H,14,15). The van der Waals surface area contributed by atoms with Gasteiger partial charge >= 0.3 is 12.1 Å². The Morgan fingerprint density at radius 1 is 1.32 bits per heavy atom. The maximum atomic E-state index is 11.7. The minimum absolute atomic E-state index is 0.172. The van der Waals surface area contributed by atoms with Crippen LogP contribution < -0.4 is 0 Å². The second-order valence-corrected chi connectivity index (χ2v) is 6.63. The molecule has 0 fully saturated rings. The Balaban J connectivity index is 4.28. The zero-order chi connectivity index (χ0) is 15.3. The number of carboxylic acid groups (broad SMARTS) is 1. The van der Waals surface area contributed by atoms with Gasteiger partial charge in [0.05, 0.1) is 5.75 Å². The topological polar surface area (TPSA) is 80.7 Å². The van der Waals surface area contributed by atoms with Crippen molar-refractivity contribution in [3.05, 3.63) is 0 Å². The van der Waals surface area contributed by atoms with Crippen molar-refractivity contribution in [3.63, 3.8) is 0 Å². The molecule has 0 saturated heterocycles. The van der Waals surface area contributed by atoms with E-state index in [-0.39, 0.29) is 13.0 Å². The van der Waals surface area contributed by atoms with E-state index in [0.29, 0.717) is 0 Å². The summed E-state index contributed by atoms with van der Waals surface area (Å²) in [7, 11) is -3.90.